The normalized spacial score (nSPS) is 21.7. The lowest BCUT2D eigenvalue weighted by molar-refractivity contribution is -0.00819. The Morgan fingerprint density at radius 2 is 2.00 bits per heavy atom. The molecule has 0 radical (unpaired) electrons. The van der Waals surface area contributed by atoms with E-state index in [0.29, 0.717) is 34.3 Å². The van der Waals surface area contributed by atoms with Crippen LogP contribution in [0, 0.1) is 5.92 Å². The van der Waals surface area contributed by atoms with Crippen LogP contribution in [0.4, 0.5) is 5.95 Å². The summed E-state index contributed by atoms with van der Waals surface area (Å²) in [6, 6.07) is 9.92. The summed E-state index contributed by atoms with van der Waals surface area (Å²) in [4.78, 5) is 13.4. The minimum absolute atomic E-state index is 0.132. The molecular formula is C21H26BrN5O2. The number of nitrogen functional groups attached to an aromatic ring is 1. The molecule has 0 bridgehead atoms. The van der Waals surface area contributed by atoms with E-state index in [4.69, 9.17) is 15.2 Å². The molecule has 154 valence electrons. The van der Waals surface area contributed by atoms with Gasteiger partial charge in [-0.3, -0.25) is 4.57 Å². The van der Waals surface area contributed by atoms with Crippen molar-refractivity contribution in [3.8, 4) is 5.88 Å². The lowest BCUT2D eigenvalue weighted by Crippen LogP contribution is -2.15. The van der Waals surface area contributed by atoms with Crippen LogP contribution in [0.3, 0.4) is 0 Å². The number of benzene rings is 1. The number of nitrogens with two attached hydrogens (primary N) is 1. The Morgan fingerprint density at radius 3 is 2.72 bits per heavy atom. The van der Waals surface area contributed by atoms with Gasteiger partial charge < -0.3 is 15.2 Å². The molecule has 3 heterocycles. The molecule has 1 fully saturated rings. The van der Waals surface area contributed by atoms with Crippen molar-refractivity contribution in [2.75, 3.05) is 5.73 Å². The number of ether oxygens (including phenoxy) is 2. The summed E-state index contributed by atoms with van der Waals surface area (Å²) in [5, 5.41) is 0. The number of fused-ring (bicyclic) bond motifs is 1. The third-order valence-electron chi connectivity index (χ3n) is 5.45. The Bertz CT molecular complexity index is 978. The van der Waals surface area contributed by atoms with E-state index in [9.17, 15) is 0 Å². The SMILES string of the molecule is CCCC1OC(n2c(Br)nc3c(OCc4ccccc4)nc(N)nc32)CC1CC. The molecular weight excluding hydrogens is 434 g/mol. The first-order chi connectivity index (χ1) is 14.1. The zero-order chi connectivity index (χ0) is 20.4. The molecule has 0 amide bonds. The fraction of sp³-hybridized carbons (Fsp3) is 0.476. The summed E-state index contributed by atoms with van der Waals surface area (Å²) >= 11 is 3.58. The van der Waals surface area contributed by atoms with Crippen molar-refractivity contribution in [3.63, 3.8) is 0 Å². The monoisotopic (exact) mass is 459 g/mol. The van der Waals surface area contributed by atoms with Crippen molar-refractivity contribution in [1.82, 2.24) is 19.5 Å². The van der Waals surface area contributed by atoms with Gasteiger partial charge in [-0.1, -0.05) is 57.0 Å². The molecule has 3 aromatic rings. The van der Waals surface area contributed by atoms with E-state index in [2.05, 4.69) is 44.7 Å². The van der Waals surface area contributed by atoms with Gasteiger partial charge >= 0.3 is 0 Å². The molecule has 1 saturated heterocycles. The molecule has 1 aliphatic heterocycles. The maximum Gasteiger partial charge on any atom is 0.247 e. The van der Waals surface area contributed by atoms with Crippen molar-refractivity contribution in [3.05, 3.63) is 40.6 Å². The summed E-state index contributed by atoms with van der Waals surface area (Å²) in [7, 11) is 0. The number of nitrogens with zero attached hydrogens (tertiary/aromatic N) is 4. The first-order valence-corrected chi connectivity index (χ1v) is 10.9. The van der Waals surface area contributed by atoms with Gasteiger partial charge in [0, 0.05) is 0 Å². The largest absolute Gasteiger partial charge is 0.471 e. The van der Waals surface area contributed by atoms with Crippen LogP contribution in [0.25, 0.3) is 11.2 Å². The van der Waals surface area contributed by atoms with Crippen LogP contribution in [0.15, 0.2) is 35.1 Å². The van der Waals surface area contributed by atoms with Crippen LogP contribution in [0.5, 0.6) is 5.88 Å². The maximum atomic E-state index is 6.40. The van der Waals surface area contributed by atoms with E-state index in [1.165, 1.54) is 0 Å². The number of rotatable bonds is 7. The van der Waals surface area contributed by atoms with Crippen LogP contribution in [-0.2, 0) is 11.3 Å². The fourth-order valence-corrected chi connectivity index (χ4v) is 4.56. The van der Waals surface area contributed by atoms with Crippen molar-refractivity contribution in [2.24, 2.45) is 5.92 Å². The summed E-state index contributed by atoms with van der Waals surface area (Å²) in [5.74, 6) is 1.06. The molecule has 1 aromatic carbocycles. The molecule has 1 aliphatic rings. The number of hydrogen-bond acceptors (Lipinski definition) is 6. The highest BCUT2D eigenvalue weighted by Gasteiger charge is 2.36. The molecule has 7 nitrogen and oxygen atoms in total. The molecule has 8 heteroatoms. The van der Waals surface area contributed by atoms with E-state index < -0.39 is 0 Å². The standard InChI is InChI=1S/C21H26BrN5O2/c1-3-8-15-14(4-2)11-16(29-15)27-18-17(24-20(27)22)19(26-21(23)25-18)28-12-13-9-6-5-7-10-13/h5-7,9-10,14-16H,3-4,8,11-12H2,1-2H3,(H2,23,25,26). The van der Waals surface area contributed by atoms with Crippen LogP contribution >= 0.6 is 15.9 Å². The van der Waals surface area contributed by atoms with Gasteiger partial charge in [-0.25, -0.2) is 4.98 Å². The first kappa shape index (κ1) is 20.1. The quantitative estimate of drug-likeness (QED) is 0.507. The van der Waals surface area contributed by atoms with E-state index >= 15 is 0 Å². The van der Waals surface area contributed by atoms with Crippen molar-refractivity contribution < 1.29 is 9.47 Å². The predicted octanol–water partition coefficient (Wildman–Crippen LogP) is 4.86. The predicted molar refractivity (Wildman–Crippen MR) is 115 cm³/mol. The number of aromatic nitrogens is 4. The maximum absolute atomic E-state index is 6.40. The van der Waals surface area contributed by atoms with Gasteiger partial charge in [0.15, 0.2) is 15.9 Å². The molecule has 0 spiro atoms. The highest BCUT2D eigenvalue weighted by atomic mass is 79.9. The van der Waals surface area contributed by atoms with Gasteiger partial charge in [0.1, 0.15) is 12.8 Å². The van der Waals surface area contributed by atoms with E-state index in [0.717, 1.165) is 31.2 Å². The van der Waals surface area contributed by atoms with Gasteiger partial charge in [-0.05, 0) is 40.3 Å². The highest BCUT2D eigenvalue weighted by molar-refractivity contribution is 9.10. The van der Waals surface area contributed by atoms with Gasteiger partial charge in [0.25, 0.3) is 0 Å². The molecule has 0 saturated carbocycles. The van der Waals surface area contributed by atoms with Crippen molar-refractivity contribution in [2.45, 2.75) is 58.5 Å². The van der Waals surface area contributed by atoms with Gasteiger partial charge in [-0.2, -0.15) is 9.97 Å². The minimum Gasteiger partial charge on any atom is -0.471 e. The lowest BCUT2D eigenvalue weighted by Gasteiger charge is -2.17. The molecule has 29 heavy (non-hydrogen) atoms. The Morgan fingerprint density at radius 1 is 1.21 bits per heavy atom. The summed E-state index contributed by atoms with van der Waals surface area (Å²) in [6.45, 7) is 4.79. The van der Waals surface area contributed by atoms with Crippen molar-refractivity contribution >= 4 is 33.0 Å². The van der Waals surface area contributed by atoms with Gasteiger partial charge in [-0.15, -0.1) is 0 Å². The minimum atomic E-state index is -0.132. The zero-order valence-corrected chi connectivity index (χ0v) is 18.3. The molecule has 2 N–H and O–H groups in total. The number of hydrogen-bond donors (Lipinski definition) is 1. The number of anilines is 1. The van der Waals surface area contributed by atoms with E-state index in [-0.39, 0.29) is 18.3 Å². The second kappa shape index (κ2) is 8.67. The summed E-state index contributed by atoms with van der Waals surface area (Å²) in [6.07, 6.45) is 4.30. The number of halogens is 1. The van der Waals surface area contributed by atoms with Crippen LogP contribution < -0.4 is 10.5 Å². The molecule has 0 aliphatic carbocycles. The average molecular weight is 460 g/mol. The van der Waals surface area contributed by atoms with Crippen molar-refractivity contribution in [1.29, 1.82) is 0 Å². The van der Waals surface area contributed by atoms with Crippen LogP contribution in [-0.4, -0.2) is 25.6 Å². The second-order valence-corrected chi connectivity index (χ2v) is 8.12. The Labute approximate surface area is 178 Å². The van der Waals surface area contributed by atoms with E-state index in [1.807, 2.05) is 34.9 Å². The van der Waals surface area contributed by atoms with Gasteiger partial charge in [0.2, 0.25) is 11.8 Å². The summed E-state index contributed by atoms with van der Waals surface area (Å²) in [5.41, 5.74) is 8.25. The lowest BCUT2D eigenvalue weighted by atomic mass is 9.95. The molecule has 3 atom stereocenters. The Hall–Kier alpha value is -2.19. The average Bonchev–Trinajstić information content (AvgIpc) is 3.26. The van der Waals surface area contributed by atoms with Crippen LogP contribution in [0.2, 0.25) is 0 Å². The Balaban J connectivity index is 1.66. The Kier molecular flexibility index (Phi) is 6.01. The molecule has 3 unspecified atom stereocenters. The number of imidazole rings is 1. The molecule has 2 aromatic heterocycles. The highest BCUT2D eigenvalue weighted by Crippen LogP contribution is 2.41. The fourth-order valence-electron chi connectivity index (χ4n) is 3.98. The van der Waals surface area contributed by atoms with E-state index in [1.54, 1.807) is 0 Å². The summed E-state index contributed by atoms with van der Waals surface area (Å²) < 4.78 is 15.0. The van der Waals surface area contributed by atoms with Crippen LogP contribution in [0.1, 0.15) is 51.3 Å². The smallest absolute Gasteiger partial charge is 0.247 e. The molecule has 4 rings (SSSR count). The third kappa shape index (κ3) is 4.09. The second-order valence-electron chi connectivity index (χ2n) is 7.41. The topological polar surface area (TPSA) is 88.1 Å². The third-order valence-corrected chi connectivity index (χ3v) is 6.01. The zero-order valence-electron chi connectivity index (χ0n) is 16.7. The first-order valence-electron chi connectivity index (χ1n) is 10.1. The van der Waals surface area contributed by atoms with Gasteiger partial charge in [0.05, 0.1) is 6.10 Å².